The van der Waals surface area contributed by atoms with Crippen LogP contribution < -0.4 is 0 Å². The second-order valence-corrected chi connectivity index (χ2v) is 0.993. The average molecular weight is 103 g/mol. The van der Waals surface area contributed by atoms with E-state index in [1.807, 2.05) is 0 Å². The molecule has 0 unspecified atom stereocenters. The van der Waals surface area contributed by atoms with Crippen molar-refractivity contribution < 1.29 is 9.78 Å². The Balaban J connectivity index is 3.17. The summed E-state index contributed by atoms with van der Waals surface area (Å²) in [5.41, 5.74) is 0. The maximum absolute atomic E-state index is 4.44. The first kappa shape index (κ1) is 6.43. The first-order valence-electron chi connectivity index (χ1n) is 1.95. The second-order valence-electron chi connectivity index (χ2n) is 0.993. The molecule has 0 heterocycles. The summed E-state index contributed by atoms with van der Waals surface area (Å²) in [6.07, 6.45) is 0. The van der Waals surface area contributed by atoms with Gasteiger partial charge in [0.15, 0.2) is 0 Å². The van der Waals surface area contributed by atoms with Crippen LogP contribution in [0.3, 0.4) is 0 Å². The number of rotatable bonds is 1. The predicted octanol–water partition coefficient (Wildman–Crippen LogP) is 0.613. The number of nitrogens with zero attached hydrogens (tertiary/aromatic N) is 1. The van der Waals surface area contributed by atoms with Crippen molar-refractivity contribution >= 4 is 5.90 Å². The van der Waals surface area contributed by atoms with E-state index in [0.717, 1.165) is 0 Å². The first-order chi connectivity index (χ1) is 3.31. The molecule has 0 bridgehead atoms. The van der Waals surface area contributed by atoms with Crippen molar-refractivity contribution in [2.45, 2.75) is 6.92 Å². The number of hydrogen-bond donors (Lipinski definition) is 0. The summed E-state index contributed by atoms with van der Waals surface area (Å²) in [6.45, 7) is 1.71. The van der Waals surface area contributed by atoms with E-state index >= 15 is 0 Å². The van der Waals surface area contributed by atoms with Crippen molar-refractivity contribution in [3.8, 4) is 0 Å². The molecule has 7 heavy (non-hydrogen) atoms. The molecule has 0 aliphatic rings. The highest BCUT2D eigenvalue weighted by Gasteiger charge is 1.81. The lowest BCUT2D eigenvalue weighted by Gasteiger charge is -1.94. The van der Waals surface area contributed by atoms with Crippen molar-refractivity contribution in [3.05, 3.63) is 0 Å². The molecule has 0 aromatic carbocycles. The predicted molar refractivity (Wildman–Crippen MR) is 27.1 cm³/mol. The fourth-order valence-electron chi connectivity index (χ4n) is 0.158. The highest BCUT2D eigenvalue weighted by Crippen LogP contribution is 1.76. The fraction of sp³-hybridized carbons (Fsp3) is 0.750. The van der Waals surface area contributed by atoms with Gasteiger partial charge in [-0.3, -0.25) is 4.99 Å². The molecule has 0 fully saturated rings. The van der Waals surface area contributed by atoms with Gasteiger partial charge in [-0.15, -0.1) is 0 Å². The van der Waals surface area contributed by atoms with Gasteiger partial charge < -0.3 is 4.89 Å². The minimum absolute atomic E-state index is 0.530. The Morgan fingerprint density at radius 3 is 2.29 bits per heavy atom. The first-order valence-corrected chi connectivity index (χ1v) is 1.95. The van der Waals surface area contributed by atoms with Gasteiger partial charge in [-0.1, -0.05) is 0 Å². The molecule has 0 rings (SSSR count). The van der Waals surface area contributed by atoms with E-state index in [-0.39, 0.29) is 0 Å². The van der Waals surface area contributed by atoms with Crippen LogP contribution in [-0.2, 0) is 9.78 Å². The van der Waals surface area contributed by atoms with Crippen LogP contribution in [0.5, 0.6) is 0 Å². The van der Waals surface area contributed by atoms with Crippen LogP contribution >= 0.6 is 0 Å². The molecule has 0 atom stereocenters. The van der Waals surface area contributed by atoms with Gasteiger partial charge in [0.05, 0.1) is 7.11 Å². The summed E-state index contributed by atoms with van der Waals surface area (Å²) in [4.78, 5) is 12.4. The molecule has 0 aliphatic heterocycles. The summed E-state index contributed by atoms with van der Waals surface area (Å²) in [7, 11) is 3.07. The van der Waals surface area contributed by atoms with Crippen LogP contribution in [-0.4, -0.2) is 20.1 Å². The third kappa shape index (κ3) is 3.26. The van der Waals surface area contributed by atoms with Crippen molar-refractivity contribution in [3.63, 3.8) is 0 Å². The summed E-state index contributed by atoms with van der Waals surface area (Å²) in [5, 5.41) is 0. The van der Waals surface area contributed by atoms with Gasteiger partial charge in [0.25, 0.3) is 0 Å². The molecular formula is C4H9NO2. The summed E-state index contributed by atoms with van der Waals surface area (Å²) < 4.78 is 0. The Bertz CT molecular complexity index is 70.1. The molecule has 3 heteroatoms. The molecule has 0 spiro atoms. The van der Waals surface area contributed by atoms with E-state index < -0.39 is 0 Å². The van der Waals surface area contributed by atoms with Gasteiger partial charge >= 0.3 is 0 Å². The molecule has 0 amide bonds. The normalized spacial score (nSPS) is 11.6. The van der Waals surface area contributed by atoms with Gasteiger partial charge in [0.1, 0.15) is 0 Å². The van der Waals surface area contributed by atoms with Crippen LogP contribution in [0, 0.1) is 0 Å². The van der Waals surface area contributed by atoms with Crippen LogP contribution in [0.4, 0.5) is 0 Å². The molecule has 0 aromatic heterocycles. The number of aliphatic imine (C=N–C) groups is 1. The second kappa shape index (κ2) is 3.61. The lowest BCUT2D eigenvalue weighted by atomic mass is 10.8. The van der Waals surface area contributed by atoms with Crippen LogP contribution in [0.2, 0.25) is 0 Å². The van der Waals surface area contributed by atoms with E-state index in [2.05, 4.69) is 14.8 Å². The molecule has 0 aromatic rings. The molecule has 0 saturated heterocycles. The van der Waals surface area contributed by atoms with Gasteiger partial charge in [-0.05, 0) is 0 Å². The molecule has 0 saturated carbocycles. The average Bonchev–Trinajstić information content (AvgIpc) is 1.68. The van der Waals surface area contributed by atoms with E-state index in [0.29, 0.717) is 5.90 Å². The van der Waals surface area contributed by atoms with Crippen molar-refractivity contribution in [2.75, 3.05) is 14.2 Å². The lowest BCUT2D eigenvalue weighted by Crippen LogP contribution is -1.96. The van der Waals surface area contributed by atoms with E-state index in [1.54, 1.807) is 14.0 Å². The minimum Gasteiger partial charge on any atom is -0.323 e. The van der Waals surface area contributed by atoms with Crippen LogP contribution in [0.1, 0.15) is 6.92 Å². The maximum atomic E-state index is 4.44. The van der Waals surface area contributed by atoms with Gasteiger partial charge in [-0.25, -0.2) is 0 Å². The summed E-state index contributed by atoms with van der Waals surface area (Å²) >= 11 is 0. The highest BCUT2D eigenvalue weighted by molar-refractivity contribution is 5.72. The smallest absolute Gasteiger partial charge is 0.224 e. The largest absolute Gasteiger partial charge is 0.323 e. The van der Waals surface area contributed by atoms with Crippen LogP contribution in [0.15, 0.2) is 4.99 Å². The third-order valence-corrected chi connectivity index (χ3v) is 0.519. The Kier molecular flexibility index (Phi) is 3.32. The quantitative estimate of drug-likeness (QED) is 0.211. The minimum atomic E-state index is 0.530. The molecule has 3 nitrogen and oxygen atoms in total. The summed E-state index contributed by atoms with van der Waals surface area (Å²) in [6, 6.07) is 0. The highest BCUT2D eigenvalue weighted by atomic mass is 17.2. The topological polar surface area (TPSA) is 30.8 Å². The zero-order chi connectivity index (χ0) is 5.70. The van der Waals surface area contributed by atoms with E-state index in [4.69, 9.17) is 0 Å². The Morgan fingerprint density at radius 2 is 2.14 bits per heavy atom. The van der Waals surface area contributed by atoms with Crippen molar-refractivity contribution in [2.24, 2.45) is 4.99 Å². The van der Waals surface area contributed by atoms with Crippen molar-refractivity contribution in [1.82, 2.24) is 0 Å². The van der Waals surface area contributed by atoms with Gasteiger partial charge in [-0.2, -0.15) is 4.89 Å². The van der Waals surface area contributed by atoms with Gasteiger partial charge in [0, 0.05) is 14.0 Å². The van der Waals surface area contributed by atoms with Crippen LogP contribution in [0.25, 0.3) is 0 Å². The number of hydrogen-bond acceptors (Lipinski definition) is 3. The maximum Gasteiger partial charge on any atom is 0.224 e. The molecule has 0 N–H and O–H groups in total. The third-order valence-electron chi connectivity index (χ3n) is 0.519. The molecule has 0 aliphatic carbocycles. The molecule has 42 valence electrons. The summed E-state index contributed by atoms with van der Waals surface area (Å²) in [5.74, 6) is 0.530. The zero-order valence-electron chi connectivity index (χ0n) is 4.76. The van der Waals surface area contributed by atoms with Crippen molar-refractivity contribution in [1.29, 1.82) is 0 Å². The standard InChI is InChI=1S/C4H9NO2/c1-4(5-2)7-6-3/h1-3H3. The SMILES string of the molecule is CN=C(C)OOC. The van der Waals surface area contributed by atoms with E-state index in [9.17, 15) is 0 Å². The Labute approximate surface area is 42.9 Å². The Morgan fingerprint density at radius 1 is 1.57 bits per heavy atom. The fourth-order valence-corrected chi connectivity index (χ4v) is 0.158. The van der Waals surface area contributed by atoms with E-state index in [1.165, 1.54) is 7.11 Å². The molecular weight excluding hydrogens is 94.0 g/mol. The van der Waals surface area contributed by atoms with Gasteiger partial charge in [0.2, 0.25) is 5.90 Å². The monoisotopic (exact) mass is 103 g/mol. The molecule has 0 radical (unpaired) electrons. The Hall–Kier alpha value is -0.570. The lowest BCUT2D eigenvalue weighted by molar-refractivity contribution is -0.194. The zero-order valence-corrected chi connectivity index (χ0v) is 4.76.